The lowest BCUT2D eigenvalue weighted by atomic mass is 9.94. The van der Waals surface area contributed by atoms with Gasteiger partial charge in [-0.05, 0) is 54.3 Å². The largest absolute Gasteiger partial charge is 0.352 e. The Bertz CT molecular complexity index is 1430. The fourth-order valence-electron chi connectivity index (χ4n) is 5.13. The van der Waals surface area contributed by atoms with Gasteiger partial charge in [0.05, 0.1) is 11.9 Å². The Kier molecular flexibility index (Phi) is 11.0. The van der Waals surface area contributed by atoms with E-state index in [0.717, 1.165) is 58.3 Å². The van der Waals surface area contributed by atoms with E-state index in [-0.39, 0.29) is 18.5 Å². The summed E-state index contributed by atoms with van der Waals surface area (Å²) in [6.45, 7) is -0.286. The molecule has 1 aliphatic rings. The van der Waals surface area contributed by atoms with Crippen molar-refractivity contribution in [2.75, 3.05) is 17.1 Å². The Morgan fingerprint density at radius 2 is 1.56 bits per heavy atom. The summed E-state index contributed by atoms with van der Waals surface area (Å²) in [5, 5.41) is 3.21. The van der Waals surface area contributed by atoms with Crippen LogP contribution < -0.4 is 9.62 Å². The molecule has 0 spiro atoms. The number of halogens is 2. The lowest BCUT2D eigenvalue weighted by Gasteiger charge is -2.35. The molecule has 1 aliphatic carbocycles. The average Bonchev–Trinajstić information content (AvgIpc) is 2.95. The van der Waals surface area contributed by atoms with Crippen LogP contribution in [0.25, 0.3) is 0 Å². The average molecular weight is 706 g/mol. The van der Waals surface area contributed by atoms with Gasteiger partial charge in [-0.25, -0.2) is 8.42 Å². The molecule has 1 atom stereocenters. The highest BCUT2D eigenvalue weighted by Crippen LogP contribution is 2.24. The quantitative estimate of drug-likeness (QED) is 0.263. The summed E-state index contributed by atoms with van der Waals surface area (Å²) in [7, 11) is -3.81. The minimum absolute atomic E-state index is 0.0633. The first-order chi connectivity index (χ1) is 19.6. The van der Waals surface area contributed by atoms with E-state index in [1.54, 1.807) is 24.3 Å². The molecule has 2 amide bonds. The standard InChI is InChI=1S/C31H35Br2N3O4S/c1-41(39,40)36(28-14-8-11-26(33)20-28)22-30(37)35(21-24-15-17-25(32)18-16-24)29(19-23-9-4-2-5-10-23)31(38)34-27-12-6-3-7-13-27/h2,4-5,8-11,14-18,20,27,29H,3,6-7,12-13,19,21-22H2,1H3,(H,34,38)/t29-/m0/s1. The number of nitrogens with zero attached hydrogens (tertiary/aromatic N) is 2. The molecule has 0 saturated heterocycles. The molecule has 0 aromatic heterocycles. The summed E-state index contributed by atoms with van der Waals surface area (Å²) in [5.74, 6) is -0.683. The van der Waals surface area contributed by atoms with Gasteiger partial charge in [0.15, 0.2) is 0 Å². The molecule has 1 N–H and O–H groups in total. The fourth-order valence-corrected chi connectivity index (χ4v) is 6.62. The van der Waals surface area contributed by atoms with E-state index in [0.29, 0.717) is 16.6 Å². The molecule has 3 aromatic carbocycles. The van der Waals surface area contributed by atoms with E-state index in [1.165, 1.54) is 4.90 Å². The summed E-state index contributed by atoms with van der Waals surface area (Å²) >= 11 is 6.85. The Balaban J connectivity index is 1.71. The molecular formula is C31H35Br2N3O4S. The molecule has 0 heterocycles. The molecule has 1 saturated carbocycles. The van der Waals surface area contributed by atoms with Gasteiger partial charge in [-0.1, -0.05) is 99.7 Å². The summed E-state index contributed by atoms with van der Waals surface area (Å²) < 4.78 is 28.5. The van der Waals surface area contributed by atoms with Gasteiger partial charge in [0.25, 0.3) is 0 Å². The van der Waals surface area contributed by atoms with Crippen molar-refractivity contribution in [3.63, 3.8) is 0 Å². The third-order valence-corrected chi connectivity index (χ3v) is 9.43. The summed E-state index contributed by atoms with van der Waals surface area (Å²) in [4.78, 5) is 29.7. The van der Waals surface area contributed by atoms with Gasteiger partial charge in [-0.2, -0.15) is 0 Å². The maximum absolute atomic E-state index is 14.2. The first-order valence-corrected chi connectivity index (χ1v) is 17.1. The van der Waals surface area contributed by atoms with Gasteiger partial charge >= 0.3 is 0 Å². The number of nitrogens with one attached hydrogen (secondary N) is 1. The van der Waals surface area contributed by atoms with E-state index in [2.05, 4.69) is 37.2 Å². The van der Waals surface area contributed by atoms with E-state index in [4.69, 9.17) is 0 Å². The first-order valence-electron chi connectivity index (χ1n) is 13.7. The van der Waals surface area contributed by atoms with Crippen LogP contribution in [0.4, 0.5) is 5.69 Å². The second-order valence-electron chi connectivity index (χ2n) is 10.4. The highest BCUT2D eigenvalue weighted by atomic mass is 79.9. The van der Waals surface area contributed by atoms with Crippen molar-refractivity contribution < 1.29 is 18.0 Å². The lowest BCUT2D eigenvalue weighted by Crippen LogP contribution is -2.55. The Morgan fingerprint density at radius 3 is 2.20 bits per heavy atom. The number of carbonyl (C=O) groups is 2. The number of benzene rings is 3. The van der Waals surface area contributed by atoms with Crippen LogP contribution in [0, 0.1) is 0 Å². The zero-order chi connectivity index (χ0) is 29.4. The van der Waals surface area contributed by atoms with Crippen molar-refractivity contribution in [1.82, 2.24) is 10.2 Å². The number of hydrogen-bond donors (Lipinski definition) is 1. The summed E-state index contributed by atoms with van der Waals surface area (Å²) in [6.07, 6.45) is 6.49. The molecule has 218 valence electrons. The number of sulfonamides is 1. The van der Waals surface area contributed by atoms with E-state index in [1.807, 2.05) is 54.6 Å². The maximum Gasteiger partial charge on any atom is 0.244 e. The van der Waals surface area contributed by atoms with Gasteiger partial charge in [0.1, 0.15) is 12.6 Å². The summed E-state index contributed by atoms with van der Waals surface area (Å²) in [5.41, 5.74) is 2.11. The molecule has 4 rings (SSSR count). The minimum atomic E-state index is -3.81. The van der Waals surface area contributed by atoms with Crippen LogP contribution in [0.15, 0.2) is 87.8 Å². The molecule has 1 fully saturated rings. The molecule has 0 bridgehead atoms. The van der Waals surface area contributed by atoms with Crippen LogP contribution in [0.1, 0.15) is 43.2 Å². The highest BCUT2D eigenvalue weighted by molar-refractivity contribution is 9.10. The molecule has 41 heavy (non-hydrogen) atoms. The second kappa shape index (κ2) is 14.5. The Morgan fingerprint density at radius 1 is 0.878 bits per heavy atom. The van der Waals surface area contributed by atoms with Gasteiger partial charge in [-0.15, -0.1) is 0 Å². The third-order valence-electron chi connectivity index (χ3n) is 7.26. The highest BCUT2D eigenvalue weighted by Gasteiger charge is 2.34. The zero-order valence-electron chi connectivity index (χ0n) is 23.0. The van der Waals surface area contributed by atoms with Crippen molar-refractivity contribution in [3.8, 4) is 0 Å². The van der Waals surface area contributed by atoms with E-state index >= 15 is 0 Å². The molecule has 7 nitrogen and oxygen atoms in total. The number of anilines is 1. The first kappa shape index (κ1) is 31.3. The van der Waals surface area contributed by atoms with Crippen LogP contribution >= 0.6 is 31.9 Å². The van der Waals surface area contributed by atoms with Gasteiger partial charge in [-0.3, -0.25) is 13.9 Å². The predicted octanol–water partition coefficient (Wildman–Crippen LogP) is 6.07. The van der Waals surface area contributed by atoms with Crippen molar-refractivity contribution in [1.29, 1.82) is 0 Å². The SMILES string of the molecule is CS(=O)(=O)N(CC(=O)N(Cc1ccc(Br)cc1)[C@@H](Cc1ccccc1)C(=O)NC1CCCCC1)c1cccc(Br)c1. The van der Waals surface area contributed by atoms with Crippen molar-refractivity contribution >= 4 is 59.4 Å². The monoisotopic (exact) mass is 703 g/mol. The smallest absolute Gasteiger partial charge is 0.244 e. The Labute approximate surface area is 259 Å². The number of rotatable bonds is 11. The van der Waals surface area contributed by atoms with Crippen molar-refractivity contribution in [3.05, 3.63) is 98.9 Å². The van der Waals surface area contributed by atoms with Gasteiger partial charge in [0, 0.05) is 28.0 Å². The van der Waals surface area contributed by atoms with E-state index < -0.39 is 28.5 Å². The topological polar surface area (TPSA) is 86.8 Å². The molecule has 3 aromatic rings. The normalized spacial score (nSPS) is 14.7. The molecule has 0 unspecified atom stereocenters. The maximum atomic E-state index is 14.2. The van der Waals surface area contributed by atoms with Crippen LogP contribution in [-0.2, 0) is 32.6 Å². The number of carbonyl (C=O) groups excluding carboxylic acids is 2. The number of amides is 2. The fraction of sp³-hybridized carbons (Fsp3) is 0.355. The van der Waals surface area contributed by atoms with Crippen LogP contribution in [-0.4, -0.2) is 50.0 Å². The van der Waals surface area contributed by atoms with Crippen molar-refractivity contribution in [2.45, 2.75) is 57.2 Å². The molecule has 0 aliphatic heterocycles. The van der Waals surface area contributed by atoms with Crippen LogP contribution in [0.2, 0.25) is 0 Å². The zero-order valence-corrected chi connectivity index (χ0v) is 27.0. The van der Waals surface area contributed by atoms with Gasteiger partial charge < -0.3 is 10.2 Å². The minimum Gasteiger partial charge on any atom is -0.352 e. The molecule has 0 radical (unpaired) electrons. The molecular weight excluding hydrogens is 670 g/mol. The van der Waals surface area contributed by atoms with E-state index in [9.17, 15) is 18.0 Å². The second-order valence-corrected chi connectivity index (χ2v) is 14.2. The third kappa shape index (κ3) is 9.15. The lowest BCUT2D eigenvalue weighted by molar-refractivity contribution is -0.140. The van der Waals surface area contributed by atoms with Crippen molar-refractivity contribution in [2.24, 2.45) is 0 Å². The molecule has 10 heteroatoms. The van der Waals surface area contributed by atoms with Gasteiger partial charge in [0.2, 0.25) is 21.8 Å². The van der Waals surface area contributed by atoms with Crippen LogP contribution in [0.5, 0.6) is 0 Å². The summed E-state index contributed by atoms with van der Waals surface area (Å²) in [6, 6.07) is 23.2. The van der Waals surface area contributed by atoms with Crippen LogP contribution in [0.3, 0.4) is 0 Å². The number of hydrogen-bond acceptors (Lipinski definition) is 4. The predicted molar refractivity (Wildman–Crippen MR) is 170 cm³/mol. The Hall–Kier alpha value is -2.69.